The first-order valence-corrected chi connectivity index (χ1v) is 6.02. The first-order valence-electron chi connectivity index (χ1n) is 6.02. The highest BCUT2D eigenvalue weighted by atomic mass is 15.1. The van der Waals surface area contributed by atoms with E-state index in [4.69, 9.17) is 0 Å². The van der Waals surface area contributed by atoms with Crippen LogP contribution in [0.15, 0.2) is 60.7 Å². The van der Waals surface area contributed by atoms with Crippen LogP contribution in [0.25, 0.3) is 22.4 Å². The van der Waals surface area contributed by atoms with E-state index in [1.54, 1.807) is 0 Å². The SMILES string of the molecule is Cc1n[nH]c(-c2ccccc2)c1-c1ccccc1. The number of nitrogens with zero attached hydrogens (tertiary/aromatic N) is 1. The minimum absolute atomic E-state index is 1.03. The number of hydrogen-bond donors (Lipinski definition) is 1. The molecule has 18 heavy (non-hydrogen) atoms. The van der Waals surface area contributed by atoms with E-state index < -0.39 is 0 Å². The van der Waals surface area contributed by atoms with Crippen LogP contribution in [-0.2, 0) is 0 Å². The first kappa shape index (κ1) is 10.8. The molecule has 0 spiro atoms. The second kappa shape index (κ2) is 4.49. The van der Waals surface area contributed by atoms with E-state index in [0.717, 1.165) is 17.0 Å². The topological polar surface area (TPSA) is 28.7 Å². The van der Waals surface area contributed by atoms with Crippen LogP contribution in [0.3, 0.4) is 0 Å². The predicted octanol–water partition coefficient (Wildman–Crippen LogP) is 4.05. The monoisotopic (exact) mass is 234 g/mol. The number of H-pyrrole nitrogens is 1. The van der Waals surface area contributed by atoms with Crippen molar-refractivity contribution in [3.05, 3.63) is 66.4 Å². The third kappa shape index (κ3) is 1.82. The smallest absolute Gasteiger partial charge is 0.0731 e. The molecule has 0 aliphatic carbocycles. The lowest BCUT2D eigenvalue weighted by Crippen LogP contribution is -1.83. The maximum absolute atomic E-state index is 4.34. The summed E-state index contributed by atoms with van der Waals surface area (Å²) in [7, 11) is 0. The van der Waals surface area contributed by atoms with Crippen molar-refractivity contribution in [2.75, 3.05) is 0 Å². The van der Waals surface area contributed by atoms with E-state index in [0.29, 0.717) is 0 Å². The Balaban J connectivity index is 2.19. The summed E-state index contributed by atoms with van der Waals surface area (Å²) in [5.41, 5.74) is 5.65. The lowest BCUT2D eigenvalue weighted by atomic mass is 9.99. The van der Waals surface area contributed by atoms with Gasteiger partial charge in [0, 0.05) is 11.1 Å². The molecule has 2 heteroatoms. The lowest BCUT2D eigenvalue weighted by Gasteiger charge is -2.04. The summed E-state index contributed by atoms with van der Waals surface area (Å²) in [6, 6.07) is 20.7. The molecule has 0 unspecified atom stereocenters. The van der Waals surface area contributed by atoms with E-state index >= 15 is 0 Å². The molecule has 0 fully saturated rings. The number of benzene rings is 2. The summed E-state index contributed by atoms with van der Waals surface area (Å²) < 4.78 is 0. The maximum Gasteiger partial charge on any atom is 0.0731 e. The molecule has 0 bridgehead atoms. The van der Waals surface area contributed by atoms with Gasteiger partial charge in [-0.25, -0.2) is 0 Å². The third-order valence-electron chi connectivity index (χ3n) is 3.07. The number of aromatic amines is 1. The zero-order valence-corrected chi connectivity index (χ0v) is 10.2. The Morgan fingerprint density at radius 2 is 1.33 bits per heavy atom. The zero-order valence-electron chi connectivity index (χ0n) is 10.2. The highest BCUT2D eigenvalue weighted by Gasteiger charge is 2.12. The van der Waals surface area contributed by atoms with Crippen molar-refractivity contribution >= 4 is 0 Å². The van der Waals surface area contributed by atoms with Crippen molar-refractivity contribution in [2.45, 2.75) is 6.92 Å². The highest BCUT2D eigenvalue weighted by Crippen LogP contribution is 2.32. The third-order valence-corrected chi connectivity index (χ3v) is 3.07. The molecule has 0 saturated carbocycles. The molecule has 2 nitrogen and oxygen atoms in total. The molecule has 2 aromatic carbocycles. The number of aryl methyl sites for hydroxylation is 1. The second-order valence-electron chi connectivity index (χ2n) is 4.29. The Morgan fingerprint density at radius 3 is 1.94 bits per heavy atom. The molecule has 3 aromatic rings. The van der Waals surface area contributed by atoms with Gasteiger partial charge in [0.2, 0.25) is 0 Å². The van der Waals surface area contributed by atoms with Crippen LogP contribution < -0.4 is 0 Å². The molecule has 1 heterocycles. The van der Waals surface area contributed by atoms with E-state index in [9.17, 15) is 0 Å². The largest absolute Gasteiger partial charge is 0.277 e. The summed E-state index contributed by atoms with van der Waals surface area (Å²) in [5.74, 6) is 0. The van der Waals surface area contributed by atoms with Gasteiger partial charge >= 0.3 is 0 Å². The quantitative estimate of drug-likeness (QED) is 0.712. The summed E-state index contributed by atoms with van der Waals surface area (Å²) in [4.78, 5) is 0. The average Bonchev–Trinajstić information content (AvgIpc) is 2.83. The number of rotatable bonds is 2. The Hall–Kier alpha value is -2.35. The molecule has 88 valence electrons. The van der Waals surface area contributed by atoms with Crippen molar-refractivity contribution in [3.63, 3.8) is 0 Å². The molecule has 0 aliphatic rings. The fourth-order valence-corrected chi connectivity index (χ4v) is 2.20. The molecular weight excluding hydrogens is 220 g/mol. The maximum atomic E-state index is 4.34. The standard InChI is InChI=1S/C16H14N2/c1-12-15(13-8-4-2-5-9-13)16(18-17-12)14-10-6-3-7-11-14/h2-11H,1H3,(H,17,18). The van der Waals surface area contributed by atoms with Crippen LogP contribution in [0.2, 0.25) is 0 Å². The number of hydrogen-bond acceptors (Lipinski definition) is 1. The van der Waals surface area contributed by atoms with Crippen LogP contribution >= 0.6 is 0 Å². The van der Waals surface area contributed by atoms with Gasteiger partial charge in [-0.05, 0) is 12.5 Å². The van der Waals surface area contributed by atoms with Crippen molar-refractivity contribution in [1.82, 2.24) is 10.2 Å². The summed E-state index contributed by atoms with van der Waals surface area (Å²) in [5, 5.41) is 7.48. The van der Waals surface area contributed by atoms with Crippen LogP contribution in [0.4, 0.5) is 0 Å². The zero-order chi connectivity index (χ0) is 12.4. The van der Waals surface area contributed by atoms with Gasteiger partial charge in [-0.15, -0.1) is 0 Å². The minimum atomic E-state index is 1.03. The Labute approximate surface area is 106 Å². The van der Waals surface area contributed by atoms with Gasteiger partial charge in [0.25, 0.3) is 0 Å². The summed E-state index contributed by atoms with van der Waals surface area (Å²) >= 11 is 0. The molecule has 0 aliphatic heterocycles. The fraction of sp³-hybridized carbons (Fsp3) is 0.0625. The second-order valence-corrected chi connectivity index (χ2v) is 4.29. The normalized spacial score (nSPS) is 10.5. The molecular formula is C16H14N2. The molecule has 3 rings (SSSR count). The van der Waals surface area contributed by atoms with Crippen LogP contribution in [0.1, 0.15) is 5.69 Å². The molecule has 1 aromatic heterocycles. The Morgan fingerprint density at radius 1 is 0.778 bits per heavy atom. The van der Waals surface area contributed by atoms with E-state index in [-0.39, 0.29) is 0 Å². The molecule has 0 amide bonds. The first-order chi connectivity index (χ1) is 8.86. The van der Waals surface area contributed by atoms with Gasteiger partial charge in [0.15, 0.2) is 0 Å². The summed E-state index contributed by atoms with van der Waals surface area (Å²) in [6.07, 6.45) is 0. The molecule has 0 saturated heterocycles. The van der Waals surface area contributed by atoms with Gasteiger partial charge in [-0.1, -0.05) is 60.7 Å². The number of aromatic nitrogens is 2. The van der Waals surface area contributed by atoms with Crippen molar-refractivity contribution in [3.8, 4) is 22.4 Å². The van der Waals surface area contributed by atoms with E-state index in [1.165, 1.54) is 11.1 Å². The fourth-order valence-electron chi connectivity index (χ4n) is 2.20. The van der Waals surface area contributed by atoms with Crippen molar-refractivity contribution < 1.29 is 0 Å². The molecule has 1 N–H and O–H groups in total. The van der Waals surface area contributed by atoms with E-state index in [2.05, 4.69) is 46.6 Å². The van der Waals surface area contributed by atoms with Crippen LogP contribution in [0, 0.1) is 6.92 Å². The predicted molar refractivity (Wildman–Crippen MR) is 74.2 cm³/mol. The minimum Gasteiger partial charge on any atom is -0.277 e. The van der Waals surface area contributed by atoms with Gasteiger partial charge in [-0.3, -0.25) is 5.10 Å². The van der Waals surface area contributed by atoms with Crippen molar-refractivity contribution in [2.24, 2.45) is 0 Å². The lowest BCUT2D eigenvalue weighted by molar-refractivity contribution is 1.05. The Bertz CT molecular complexity index is 639. The van der Waals surface area contributed by atoms with E-state index in [1.807, 2.05) is 31.2 Å². The molecule has 0 atom stereocenters. The summed E-state index contributed by atoms with van der Waals surface area (Å²) in [6.45, 7) is 2.03. The Kier molecular flexibility index (Phi) is 2.69. The van der Waals surface area contributed by atoms with Crippen LogP contribution in [-0.4, -0.2) is 10.2 Å². The average molecular weight is 234 g/mol. The van der Waals surface area contributed by atoms with Crippen molar-refractivity contribution in [1.29, 1.82) is 0 Å². The highest BCUT2D eigenvalue weighted by molar-refractivity contribution is 5.82. The van der Waals surface area contributed by atoms with Gasteiger partial charge < -0.3 is 0 Å². The van der Waals surface area contributed by atoms with Gasteiger partial charge in [0.05, 0.1) is 11.4 Å². The van der Waals surface area contributed by atoms with Crippen LogP contribution in [0.5, 0.6) is 0 Å². The van der Waals surface area contributed by atoms with Gasteiger partial charge in [-0.2, -0.15) is 5.10 Å². The van der Waals surface area contributed by atoms with Gasteiger partial charge in [0.1, 0.15) is 0 Å². The molecule has 0 radical (unpaired) electrons. The number of nitrogens with one attached hydrogen (secondary N) is 1.